The highest BCUT2D eigenvalue weighted by Crippen LogP contribution is 2.27. The number of hydrogen-bond donors (Lipinski definition) is 2. The Hall–Kier alpha value is -2.63. The Balaban J connectivity index is 1.59. The number of carboxylic acid groups (broad SMARTS) is 1. The molecule has 1 aliphatic rings. The number of aliphatic carboxylic acids is 1. The van der Waals surface area contributed by atoms with Gasteiger partial charge in [0.2, 0.25) is 5.91 Å². The zero-order valence-electron chi connectivity index (χ0n) is 14.5. The smallest absolute Gasteiger partial charge is 0.331 e. The van der Waals surface area contributed by atoms with Crippen molar-refractivity contribution in [2.75, 3.05) is 5.32 Å². The molecule has 1 amide bonds. The summed E-state index contributed by atoms with van der Waals surface area (Å²) in [6.45, 7) is 3.13. The van der Waals surface area contributed by atoms with Gasteiger partial charge in [-0.05, 0) is 50.2 Å². The van der Waals surface area contributed by atoms with Gasteiger partial charge in [0.15, 0.2) is 5.54 Å². The zero-order chi connectivity index (χ0) is 18.0. The summed E-state index contributed by atoms with van der Waals surface area (Å²) in [5.41, 5.74) is 2.09. The van der Waals surface area contributed by atoms with E-state index < -0.39 is 11.5 Å². The number of aromatic nitrogens is 2. The molecule has 3 rings (SSSR count). The maximum Gasteiger partial charge on any atom is 0.331 e. The lowest BCUT2D eigenvalue weighted by atomic mass is 9.82. The Labute approximate surface area is 146 Å². The molecule has 1 unspecified atom stereocenters. The number of aryl methyl sites for hydroxylation is 1. The molecule has 1 aromatic heterocycles. The molecule has 0 radical (unpaired) electrons. The fraction of sp³-hybridized carbons (Fsp3) is 0.421. The SMILES string of the molecule is CC(C)(C(=O)O)n1cc(NC(=O)CC2CCc3ccccc3C2)cn1. The number of rotatable bonds is 5. The molecule has 0 aliphatic heterocycles. The number of nitrogens with one attached hydrogen (secondary N) is 1. The molecule has 2 N–H and O–H groups in total. The standard InChI is InChI=1S/C19H23N3O3/c1-19(2,18(24)25)22-12-16(11-20-22)21-17(23)10-13-7-8-14-5-3-4-6-15(14)9-13/h3-6,11-13H,7-10H2,1-2H3,(H,21,23)(H,24,25). The summed E-state index contributed by atoms with van der Waals surface area (Å²) in [6.07, 6.45) is 6.45. The van der Waals surface area contributed by atoms with Gasteiger partial charge in [0.25, 0.3) is 0 Å². The molecule has 0 saturated carbocycles. The molecule has 0 saturated heterocycles. The summed E-state index contributed by atoms with van der Waals surface area (Å²) in [5.74, 6) is -0.702. The minimum Gasteiger partial charge on any atom is -0.479 e. The summed E-state index contributed by atoms with van der Waals surface area (Å²) in [4.78, 5) is 23.6. The number of benzene rings is 1. The van der Waals surface area contributed by atoms with E-state index in [1.807, 2.05) is 6.07 Å². The minimum absolute atomic E-state index is 0.0583. The van der Waals surface area contributed by atoms with E-state index in [1.54, 1.807) is 20.0 Å². The van der Waals surface area contributed by atoms with Gasteiger partial charge in [-0.2, -0.15) is 5.10 Å². The Morgan fingerprint density at radius 3 is 2.76 bits per heavy atom. The van der Waals surface area contributed by atoms with Crippen LogP contribution >= 0.6 is 0 Å². The molecule has 0 fully saturated rings. The minimum atomic E-state index is -1.16. The van der Waals surface area contributed by atoms with Gasteiger partial charge in [-0.3, -0.25) is 9.48 Å². The van der Waals surface area contributed by atoms with Gasteiger partial charge in [0.05, 0.1) is 11.9 Å². The molecule has 6 heteroatoms. The summed E-state index contributed by atoms with van der Waals surface area (Å²) in [6, 6.07) is 8.39. The largest absolute Gasteiger partial charge is 0.479 e. The molecule has 1 heterocycles. The number of anilines is 1. The van der Waals surface area contributed by atoms with Gasteiger partial charge in [0.1, 0.15) is 0 Å². The van der Waals surface area contributed by atoms with E-state index in [1.165, 1.54) is 22.0 Å². The molecule has 6 nitrogen and oxygen atoms in total. The quantitative estimate of drug-likeness (QED) is 0.876. The topological polar surface area (TPSA) is 84.2 Å². The number of hydrogen-bond acceptors (Lipinski definition) is 3. The Bertz CT molecular complexity index is 795. The van der Waals surface area contributed by atoms with Crippen LogP contribution in [0.1, 0.15) is 37.8 Å². The van der Waals surface area contributed by atoms with Crippen LogP contribution in [0.4, 0.5) is 5.69 Å². The Morgan fingerprint density at radius 2 is 2.04 bits per heavy atom. The third-order valence-electron chi connectivity index (χ3n) is 4.89. The lowest BCUT2D eigenvalue weighted by Crippen LogP contribution is -2.35. The van der Waals surface area contributed by atoms with Gasteiger partial charge >= 0.3 is 5.97 Å². The van der Waals surface area contributed by atoms with Crippen LogP contribution in [0.5, 0.6) is 0 Å². The van der Waals surface area contributed by atoms with E-state index in [0.717, 1.165) is 19.3 Å². The number of carbonyl (C=O) groups excluding carboxylic acids is 1. The molecule has 25 heavy (non-hydrogen) atoms. The van der Waals surface area contributed by atoms with Crippen molar-refractivity contribution in [3.8, 4) is 0 Å². The van der Waals surface area contributed by atoms with Gasteiger partial charge in [-0.15, -0.1) is 0 Å². The molecule has 2 aromatic rings. The highest BCUT2D eigenvalue weighted by molar-refractivity contribution is 5.90. The molecular formula is C19H23N3O3. The predicted octanol–water partition coefficient (Wildman–Crippen LogP) is 2.84. The molecule has 1 atom stereocenters. The normalized spacial score (nSPS) is 17.0. The van der Waals surface area contributed by atoms with Crippen LogP contribution in [0.25, 0.3) is 0 Å². The summed E-state index contributed by atoms with van der Waals surface area (Å²) in [7, 11) is 0. The van der Waals surface area contributed by atoms with Crippen molar-refractivity contribution in [3.63, 3.8) is 0 Å². The second-order valence-corrected chi connectivity index (χ2v) is 7.17. The van der Waals surface area contributed by atoms with Crippen molar-refractivity contribution in [1.82, 2.24) is 9.78 Å². The van der Waals surface area contributed by atoms with Crippen molar-refractivity contribution in [2.45, 2.75) is 45.1 Å². The molecule has 0 bridgehead atoms. The van der Waals surface area contributed by atoms with Crippen LogP contribution in [-0.4, -0.2) is 26.8 Å². The van der Waals surface area contributed by atoms with Crippen molar-refractivity contribution < 1.29 is 14.7 Å². The number of nitrogens with zero attached hydrogens (tertiary/aromatic N) is 2. The molecule has 1 aliphatic carbocycles. The lowest BCUT2D eigenvalue weighted by molar-refractivity contribution is -0.146. The predicted molar refractivity (Wildman–Crippen MR) is 94.4 cm³/mol. The lowest BCUT2D eigenvalue weighted by Gasteiger charge is -2.24. The third-order valence-corrected chi connectivity index (χ3v) is 4.89. The summed E-state index contributed by atoms with van der Waals surface area (Å²) >= 11 is 0. The number of amides is 1. The number of carbonyl (C=O) groups is 2. The van der Waals surface area contributed by atoms with Crippen LogP contribution in [-0.2, 0) is 28.0 Å². The first-order valence-corrected chi connectivity index (χ1v) is 8.51. The monoisotopic (exact) mass is 341 g/mol. The van der Waals surface area contributed by atoms with Crippen LogP contribution in [0.2, 0.25) is 0 Å². The first kappa shape index (κ1) is 17.2. The average molecular weight is 341 g/mol. The summed E-state index contributed by atoms with van der Waals surface area (Å²) < 4.78 is 1.35. The van der Waals surface area contributed by atoms with Gasteiger partial charge in [-0.25, -0.2) is 4.79 Å². The van der Waals surface area contributed by atoms with Gasteiger partial charge < -0.3 is 10.4 Å². The first-order valence-electron chi connectivity index (χ1n) is 8.51. The second kappa shape index (κ2) is 6.70. The van der Waals surface area contributed by atoms with Crippen molar-refractivity contribution in [3.05, 3.63) is 47.8 Å². The number of carboxylic acids is 1. The summed E-state index contributed by atoms with van der Waals surface area (Å²) in [5, 5.41) is 16.1. The van der Waals surface area contributed by atoms with E-state index >= 15 is 0 Å². The van der Waals surface area contributed by atoms with Gasteiger partial charge in [0, 0.05) is 12.6 Å². The Morgan fingerprint density at radius 1 is 1.32 bits per heavy atom. The maximum absolute atomic E-state index is 12.3. The van der Waals surface area contributed by atoms with Crippen LogP contribution in [0, 0.1) is 5.92 Å². The first-order chi connectivity index (χ1) is 11.9. The van der Waals surface area contributed by atoms with Crippen molar-refractivity contribution in [2.24, 2.45) is 5.92 Å². The highest BCUT2D eigenvalue weighted by Gasteiger charge is 2.30. The van der Waals surface area contributed by atoms with E-state index in [9.17, 15) is 14.7 Å². The molecule has 1 aromatic carbocycles. The van der Waals surface area contributed by atoms with E-state index in [2.05, 4.69) is 28.6 Å². The second-order valence-electron chi connectivity index (χ2n) is 7.17. The maximum atomic E-state index is 12.3. The van der Waals surface area contributed by atoms with Gasteiger partial charge in [-0.1, -0.05) is 24.3 Å². The molecular weight excluding hydrogens is 318 g/mol. The zero-order valence-corrected chi connectivity index (χ0v) is 14.5. The fourth-order valence-corrected chi connectivity index (χ4v) is 3.21. The molecule has 132 valence electrons. The molecule has 0 spiro atoms. The van der Waals surface area contributed by atoms with E-state index in [-0.39, 0.29) is 5.91 Å². The van der Waals surface area contributed by atoms with Crippen LogP contribution in [0.15, 0.2) is 36.7 Å². The van der Waals surface area contributed by atoms with E-state index in [4.69, 9.17) is 0 Å². The van der Waals surface area contributed by atoms with Crippen LogP contribution in [0.3, 0.4) is 0 Å². The van der Waals surface area contributed by atoms with Crippen LogP contribution < -0.4 is 5.32 Å². The average Bonchev–Trinajstić information content (AvgIpc) is 3.03. The highest BCUT2D eigenvalue weighted by atomic mass is 16.4. The third kappa shape index (κ3) is 3.73. The number of fused-ring (bicyclic) bond motifs is 1. The van der Waals surface area contributed by atoms with E-state index in [0.29, 0.717) is 18.0 Å². The fourth-order valence-electron chi connectivity index (χ4n) is 3.21. The van der Waals surface area contributed by atoms with Crippen molar-refractivity contribution in [1.29, 1.82) is 0 Å². The Kier molecular flexibility index (Phi) is 4.61. The van der Waals surface area contributed by atoms with Crippen molar-refractivity contribution >= 4 is 17.6 Å².